The van der Waals surface area contributed by atoms with Crippen LogP contribution in [0.2, 0.25) is 0 Å². The minimum Gasteiger partial charge on any atom is -0.478 e. The van der Waals surface area contributed by atoms with Crippen molar-refractivity contribution in [1.82, 2.24) is 10.2 Å². The van der Waals surface area contributed by atoms with Crippen LogP contribution in [0, 0.1) is 6.92 Å². The maximum absolute atomic E-state index is 11.6. The summed E-state index contributed by atoms with van der Waals surface area (Å²) in [6, 6.07) is 0.914. The summed E-state index contributed by atoms with van der Waals surface area (Å²) in [5.41, 5.74) is 0.853. The predicted octanol–water partition coefficient (Wildman–Crippen LogP) is 2.12. The molecule has 18 heavy (non-hydrogen) atoms. The van der Waals surface area contributed by atoms with Crippen LogP contribution in [0.25, 0.3) is 0 Å². The summed E-state index contributed by atoms with van der Waals surface area (Å²) in [6.45, 7) is 1.78. The van der Waals surface area contributed by atoms with Gasteiger partial charge < -0.3 is 5.11 Å². The van der Waals surface area contributed by atoms with Crippen molar-refractivity contribution < 1.29 is 14.7 Å². The molecule has 0 aliphatic heterocycles. The van der Waals surface area contributed by atoms with Crippen LogP contribution < -0.4 is 10.6 Å². The highest BCUT2D eigenvalue weighted by Gasteiger charge is 2.14. The average molecular weight is 266 g/mol. The van der Waals surface area contributed by atoms with Crippen LogP contribution in [-0.2, 0) is 0 Å². The molecule has 0 aromatic carbocycles. The smallest absolute Gasteiger partial charge is 0.338 e. The third-order valence-electron chi connectivity index (χ3n) is 2.19. The summed E-state index contributed by atoms with van der Waals surface area (Å²) < 4.78 is 0. The molecule has 0 fully saturated rings. The Morgan fingerprint density at radius 3 is 2.83 bits per heavy atom. The van der Waals surface area contributed by atoms with E-state index in [1.54, 1.807) is 18.5 Å². The van der Waals surface area contributed by atoms with Gasteiger partial charge in [-0.05, 0) is 18.4 Å². The number of urea groups is 1. The van der Waals surface area contributed by atoms with Gasteiger partial charge in [0.25, 0.3) is 0 Å². The maximum Gasteiger partial charge on any atom is 0.338 e. The number of aromatic carboxylic acids is 1. The molecule has 7 nitrogen and oxygen atoms in total. The van der Waals surface area contributed by atoms with Gasteiger partial charge in [-0.2, -0.15) is 5.10 Å². The topological polar surface area (TPSA) is 107 Å². The molecule has 0 spiro atoms. The van der Waals surface area contributed by atoms with Crippen molar-refractivity contribution in [1.29, 1.82) is 0 Å². The monoisotopic (exact) mass is 266 g/mol. The highest BCUT2D eigenvalue weighted by molar-refractivity contribution is 7.14. The highest BCUT2D eigenvalue weighted by Crippen LogP contribution is 2.23. The van der Waals surface area contributed by atoms with E-state index in [4.69, 9.17) is 5.11 Å². The molecule has 2 rings (SSSR count). The Bertz CT molecular complexity index is 589. The fourth-order valence-electron chi connectivity index (χ4n) is 1.30. The molecule has 0 saturated heterocycles. The largest absolute Gasteiger partial charge is 0.478 e. The van der Waals surface area contributed by atoms with Crippen LogP contribution in [0.15, 0.2) is 17.6 Å². The number of rotatable bonds is 3. The van der Waals surface area contributed by atoms with Gasteiger partial charge >= 0.3 is 12.0 Å². The number of nitrogens with one attached hydrogen (secondary N) is 3. The lowest BCUT2D eigenvalue weighted by Crippen LogP contribution is -2.20. The molecule has 0 aliphatic rings. The quantitative estimate of drug-likeness (QED) is 0.682. The Morgan fingerprint density at radius 2 is 2.22 bits per heavy atom. The van der Waals surface area contributed by atoms with Crippen molar-refractivity contribution in [2.75, 3.05) is 10.6 Å². The lowest BCUT2D eigenvalue weighted by molar-refractivity contribution is 0.0698. The first kappa shape index (κ1) is 12.1. The molecule has 0 unspecified atom stereocenters. The fraction of sp³-hybridized carbons (Fsp3) is 0.100. The number of carboxylic acids is 1. The number of H-pyrrole nitrogens is 1. The third-order valence-corrected chi connectivity index (χ3v) is 3.02. The van der Waals surface area contributed by atoms with Gasteiger partial charge in [0, 0.05) is 5.56 Å². The summed E-state index contributed by atoms with van der Waals surface area (Å²) >= 11 is 1.14. The Balaban J connectivity index is 2.06. The van der Waals surface area contributed by atoms with E-state index in [9.17, 15) is 9.59 Å². The molecular formula is C10H10N4O3S. The molecule has 8 heteroatoms. The molecule has 0 bridgehead atoms. The summed E-state index contributed by atoms with van der Waals surface area (Å²) in [7, 11) is 0. The first-order valence-electron chi connectivity index (χ1n) is 4.96. The van der Waals surface area contributed by atoms with Gasteiger partial charge in [-0.25, -0.2) is 9.59 Å². The van der Waals surface area contributed by atoms with Gasteiger partial charge in [-0.15, -0.1) is 11.3 Å². The van der Waals surface area contributed by atoms with E-state index >= 15 is 0 Å². The highest BCUT2D eigenvalue weighted by atomic mass is 32.1. The van der Waals surface area contributed by atoms with E-state index in [1.165, 1.54) is 6.07 Å². The number of amides is 2. The van der Waals surface area contributed by atoms with Gasteiger partial charge in [0.05, 0.1) is 11.8 Å². The normalized spacial score (nSPS) is 10.1. The van der Waals surface area contributed by atoms with Crippen molar-refractivity contribution >= 4 is 34.2 Å². The second-order valence-corrected chi connectivity index (χ2v) is 4.39. The number of aryl methyl sites for hydroxylation is 1. The summed E-state index contributed by atoms with van der Waals surface area (Å²) in [6.07, 6.45) is 1.57. The zero-order valence-corrected chi connectivity index (χ0v) is 10.2. The van der Waals surface area contributed by atoms with E-state index in [1.807, 2.05) is 0 Å². The number of thiophene rings is 1. The van der Waals surface area contributed by atoms with Crippen molar-refractivity contribution in [2.24, 2.45) is 0 Å². The number of nitrogens with zero attached hydrogens (tertiary/aromatic N) is 1. The molecule has 2 aromatic rings. The minimum atomic E-state index is -1.08. The molecule has 94 valence electrons. The number of carbonyl (C=O) groups excluding carboxylic acids is 1. The van der Waals surface area contributed by atoms with Crippen LogP contribution >= 0.6 is 11.3 Å². The Morgan fingerprint density at radius 1 is 1.44 bits per heavy atom. The zero-order valence-electron chi connectivity index (χ0n) is 9.35. The summed E-state index contributed by atoms with van der Waals surface area (Å²) in [5.74, 6) is -0.606. The van der Waals surface area contributed by atoms with Crippen LogP contribution in [0.1, 0.15) is 15.9 Å². The first-order chi connectivity index (χ1) is 8.58. The lowest BCUT2D eigenvalue weighted by Gasteiger charge is -2.05. The minimum absolute atomic E-state index is 0.0662. The van der Waals surface area contributed by atoms with Gasteiger partial charge in [0.2, 0.25) is 0 Å². The molecule has 0 aliphatic carbocycles. The number of hydrogen-bond acceptors (Lipinski definition) is 4. The van der Waals surface area contributed by atoms with Gasteiger partial charge in [-0.3, -0.25) is 15.7 Å². The Kier molecular flexibility index (Phi) is 3.28. The molecule has 0 radical (unpaired) electrons. The molecule has 0 saturated carbocycles. The van der Waals surface area contributed by atoms with Crippen LogP contribution in [0.4, 0.5) is 15.6 Å². The molecule has 2 heterocycles. The molecule has 0 atom stereocenters. The van der Waals surface area contributed by atoms with E-state index in [0.717, 1.165) is 16.9 Å². The fourth-order valence-corrected chi connectivity index (χ4v) is 2.07. The molecule has 2 amide bonds. The second kappa shape index (κ2) is 4.88. The maximum atomic E-state index is 11.6. The van der Waals surface area contributed by atoms with Crippen molar-refractivity contribution in [3.63, 3.8) is 0 Å². The van der Waals surface area contributed by atoms with Crippen molar-refractivity contribution in [2.45, 2.75) is 6.92 Å². The SMILES string of the molecule is Cc1cn[nH]c1NC(=O)Nc1sccc1C(=O)O. The van der Waals surface area contributed by atoms with Crippen molar-refractivity contribution in [3.05, 3.63) is 28.8 Å². The number of aromatic nitrogens is 2. The molecular weight excluding hydrogens is 256 g/mol. The van der Waals surface area contributed by atoms with Crippen LogP contribution in [0.5, 0.6) is 0 Å². The molecule has 4 N–H and O–H groups in total. The third kappa shape index (κ3) is 2.48. The van der Waals surface area contributed by atoms with E-state index < -0.39 is 12.0 Å². The number of aromatic amines is 1. The first-order valence-corrected chi connectivity index (χ1v) is 5.84. The number of carbonyl (C=O) groups is 2. The Labute approximate surface area is 106 Å². The average Bonchev–Trinajstić information content (AvgIpc) is 2.89. The number of carboxylic acid groups (broad SMARTS) is 1. The lowest BCUT2D eigenvalue weighted by atomic mass is 10.3. The number of anilines is 2. The second-order valence-electron chi connectivity index (χ2n) is 3.48. The van der Waals surface area contributed by atoms with Crippen LogP contribution in [-0.4, -0.2) is 27.3 Å². The Hall–Kier alpha value is -2.35. The van der Waals surface area contributed by atoms with E-state index in [-0.39, 0.29) is 10.6 Å². The molecule has 2 aromatic heterocycles. The van der Waals surface area contributed by atoms with Gasteiger partial charge in [0.15, 0.2) is 0 Å². The van der Waals surface area contributed by atoms with E-state index in [0.29, 0.717) is 5.82 Å². The van der Waals surface area contributed by atoms with E-state index in [2.05, 4.69) is 20.8 Å². The predicted molar refractivity (Wildman–Crippen MR) is 67.2 cm³/mol. The number of hydrogen-bond donors (Lipinski definition) is 4. The standard InChI is InChI=1S/C10H10N4O3S/c1-5-4-11-14-7(5)12-10(17)13-8-6(9(15)16)2-3-18-8/h2-4H,1H3,(H,15,16)(H3,11,12,13,14,17). The van der Waals surface area contributed by atoms with Crippen molar-refractivity contribution in [3.8, 4) is 0 Å². The van der Waals surface area contributed by atoms with Crippen LogP contribution in [0.3, 0.4) is 0 Å². The summed E-state index contributed by atoms with van der Waals surface area (Å²) in [4.78, 5) is 22.5. The summed E-state index contributed by atoms with van der Waals surface area (Å²) in [5, 5.41) is 22.2. The zero-order chi connectivity index (χ0) is 13.1. The van der Waals surface area contributed by atoms with Gasteiger partial charge in [0.1, 0.15) is 10.8 Å². The van der Waals surface area contributed by atoms with Gasteiger partial charge in [-0.1, -0.05) is 0 Å².